The minimum atomic E-state index is -0.646. The van der Waals surface area contributed by atoms with Gasteiger partial charge in [0.05, 0.1) is 50.7 Å². The van der Waals surface area contributed by atoms with Crippen molar-refractivity contribution in [1.29, 1.82) is 0 Å². The highest BCUT2D eigenvalue weighted by Gasteiger charge is 2.35. The van der Waals surface area contributed by atoms with E-state index in [9.17, 15) is 9.59 Å². The Morgan fingerprint density at radius 3 is 1.77 bits per heavy atom. The number of nitrogens with one attached hydrogen (secondary N) is 1. The number of thiophene rings is 2. The van der Waals surface area contributed by atoms with Crippen molar-refractivity contribution in [3.63, 3.8) is 0 Å². The molecule has 0 bridgehead atoms. The predicted molar refractivity (Wildman–Crippen MR) is 250 cm³/mol. The van der Waals surface area contributed by atoms with Crippen LogP contribution < -0.4 is 5.32 Å². The van der Waals surface area contributed by atoms with Crippen LogP contribution in [0.2, 0.25) is 10.0 Å². The van der Waals surface area contributed by atoms with Crippen LogP contribution in [0.15, 0.2) is 58.5 Å². The molecule has 2 aromatic carbocycles. The summed E-state index contributed by atoms with van der Waals surface area (Å²) >= 11 is 15.8. The molecule has 1 N–H and O–H groups in total. The number of benzene rings is 2. The van der Waals surface area contributed by atoms with E-state index < -0.39 is 17.7 Å². The van der Waals surface area contributed by atoms with Gasteiger partial charge < -0.3 is 19.5 Å². The van der Waals surface area contributed by atoms with Gasteiger partial charge in [-0.15, -0.1) is 43.1 Å². The SMILES string of the molecule is Cc1sc2c(c1C)C(c1ccc(Cl)cc1)=N[C@@H](CC(=O)NCCOCCOCc1sc3c(c1C)C(c1ccc(Cl)cc1)=N[C@@H](CC(=O)OC(C)(C)C)c1nnc(C)n1-3)c1nnc(C)n1-2. The van der Waals surface area contributed by atoms with E-state index in [0.29, 0.717) is 60.5 Å². The summed E-state index contributed by atoms with van der Waals surface area (Å²) in [7, 11) is 0. The Morgan fingerprint density at radius 1 is 0.688 bits per heavy atom. The average Bonchev–Trinajstić information content (AvgIpc) is 3.94. The molecular formula is C46H49Cl2N9O5S2. The lowest BCUT2D eigenvalue weighted by atomic mass is 9.99. The fourth-order valence-electron chi connectivity index (χ4n) is 7.77. The topological polar surface area (TPSA) is 160 Å². The smallest absolute Gasteiger partial charge is 0.308 e. The predicted octanol–water partition coefficient (Wildman–Crippen LogP) is 9.08. The summed E-state index contributed by atoms with van der Waals surface area (Å²) in [6.07, 6.45) is 0.0846. The highest BCUT2D eigenvalue weighted by atomic mass is 35.5. The normalized spacial score (nSPS) is 15.6. The lowest BCUT2D eigenvalue weighted by molar-refractivity contribution is -0.155. The van der Waals surface area contributed by atoms with Crippen LogP contribution in [0, 0.1) is 34.6 Å². The summed E-state index contributed by atoms with van der Waals surface area (Å²) in [4.78, 5) is 39.1. The Hall–Kier alpha value is -5.10. The number of halogens is 2. The number of esters is 1. The number of fused-ring (bicyclic) bond motifs is 6. The standard InChI is InChI=1S/C46H49Cl2N9O5S2/c1-24-26(3)63-44-38(24)40(29-9-13-31(47)14-10-29)50-33(42-54-52-27(4)56(42)44)21-36(58)49-17-18-60-19-20-61-23-35-25(2)39-41(30-11-15-32(48)16-12-30)51-34(22-37(59)62-46(6,7)8)43-55-53-28(5)57(43)45(39)64-35/h9-16,33-34H,17-23H2,1-8H3,(H,49,58)/t33-,34-/m0/s1. The number of carbonyl (C=O) groups excluding carboxylic acids is 2. The molecule has 0 saturated heterocycles. The molecule has 64 heavy (non-hydrogen) atoms. The minimum Gasteiger partial charge on any atom is -0.460 e. The number of amides is 1. The largest absolute Gasteiger partial charge is 0.460 e. The Bertz CT molecular complexity index is 2780. The highest BCUT2D eigenvalue weighted by Crippen LogP contribution is 2.42. The first-order valence-corrected chi connectivity index (χ1v) is 23.4. The molecule has 2 aliphatic heterocycles. The Balaban J connectivity index is 0.898. The number of rotatable bonds is 14. The molecule has 6 heterocycles. The Labute approximate surface area is 389 Å². The van der Waals surface area contributed by atoms with Gasteiger partial charge >= 0.3 is 5.97 Å². The third-order valence-electron chi connectivity index (χ3n) is 10.9. The molecule has 0 aliphatic carbocycles. The van der Waals surface area contributed by atoms with Gasteiger partial charge in [-0.2, -0.15) is 0 Å². The molecule has 0 fully saturated rings. The van der Waals surface area contributed by atoms with Crippen molar-refractivity contribution in [2.45, 2.75) is 92.5 Å². The summed E-state index contributed by atoms with van der Waals surface area (Å²) in [5.74, 6) is 2.05. The molecule has 2 aliphatic rings. The number of carbonyl (C=O) groups is 2. The number of nitrogens with zero attached hydrogens (tertiary/aromatic N) is 8. The molecule has 8 rings (SSSR count). The molecule has 0 saturated carbocycles. The quantitative estimate of drug-likeness (QED) is 0.0830. The van der Waals surface area contributed by atoms with Gasteiger partial charge in [0.1, 0.15) is 39.3 Å². The van der Waals surface area contributed by atoms with Crippen LogP contribution in [0.1, 0.15) is 112 Å². The van der Waals surface area contributed by atoms with Gasteiger partial charge in [0.25, 0.3) is 0 Å². The molecule has 0 radical (unpaired) electrons. The molecule has 0 unspecified atom stereocenters. The van der Waals surface area contributed by atoms with E-state index in [1.54, 1.807) is 22.7 Å². The van der Waals surface area contributed by atoms with Crippen molar-refractivity contribution in [1.82, 2.24) is 34.8 Å². The van der Waals surface area contributed by atoms with Crippen molar-refractivity contribution in [3.05, 3.63) is 125 Å². The molecule has 18 heteroatoms. The second-order valence-electron chi connectivity index (χ2n) is 16.7. The zero-order valence-electron chi connectivity index (χ0n) is 36.9. The zero-order chi connectivity index (χ0) is 45.4. The van der Waals surface area contributed by atoms with E-state index in [1.807, 2.05) is 92.3 Å². The highest BCUT2D eigenvalue weighted by molar-refractivity contribution is 7.15. The Morgan fingerprint density at radius 2 is 1.20 bits per heavy atom. The van der Waals surface area contributed by atoms with Crippen LogP contribution in [-0.4, -0.2) is 84.8 Å². The number of ether oxygens (including phenoxy) is 3. The van der Waals surface area contributed by atoms with Gasteiger partial charge in [-0.05, 0) is 90.8 Å². The number of aryl methyl sites for hydroxylation is 3. The lowest BCUT2D eigenvalue weighted by Gasteiger charge is -2.21. The number of aliphatic imine (C=N–C) groups is 2. The van der Waals surface area contributed by atoms with Crippen LogP contribution in [0.5, 0.6) is 0 Å². The molecule has 4 aromatic heterocycles. The van der Waals surface area contributed by atoms with E-state index in [0.717, 1.165) is 65.5 Å². The van der Waals surface area contributed by atoms with E-state index in [1.165, 1.54) is 4.88 Å². The Kier molecular flexibility index (Phi) is 13.3. The van der Waals surface area contributed by atoms with Crippen molar-refractivity contribution < 1.29 is 23.8 Å². The third-order valence-corrected chi connectivity index (χ3v) is 13.9. The molecule has 6 aromatic rings. The first-order chi connectivity index (χ1) is 30.6. The van der Waals surface area contributed by atoms with E-state index in [2.05, 4.69) is 46.5 Å². The molecule has 1 amide bonds. The van der Waals surface area contributed by atoms with Crippen molar-refractivity contribution in [3.8, 4) is 10.0 Å². The fourth-order valence-corrected chi connectivity index (χ4v) is 10.5. The van der Waals surface area contributed by atoms with Gasteiger partial charge in [-0.25, -0.2) is 0 Å². The van der Waals surface area contributed by atoms with E-state index >= 15 is 0 Å². The van der Waals surface area contributed by atoms with E-state index in [-0.39, 0.29) is 24.7 Å². The van der Waals surface area contributed by atoms with Crippen LogP contribution in [-0.2, 0) is 30.4 Å². The summed E-state index contributed by atoms with van der Waals surface area (Å²) in [5.41, 5.74) is 6.70. The minimum absolute atomic E-state index is 0.000857. The van der Waals surface area contributed by atoms with Gasteiger partial charge in [-0.1, -0.05) is 47.5 Å². The molecular weight excluding hydrogens is 894 g/mol. The zero-order valence-corrected chi connectivity index (χ0v) is 40.1. The fraction of sp³-hybridized carbons (Fsp3) is 0.391. The van der Waals surface area contributed by atoms with Crippen molar-refractivity contribution >= 4 is 69.2 Å². The van der Waals surface area contributed by atoms with Gasteiger partial charge in [0.2, 0.25) is 5.91 Å². The van der Waals surface area contributed by atoms with Gasteiger partial charge in [0, 0.05) is 48.6 Å². The maximum atomic E-state index is 13.4. The molecule has 14 nitrogen and oxygen atoms in total. The van der Waals surface area contributed by atoms with Crippen LogP contribution >= 0.6 is 45.9 Å². The van der Waals surface area contributed by atoms with Gasteiger partial charge in [0.15, 0.2) is 11.6 Å². The van der Waals surface area contributed by atoms with Crippen LogP contribution in [0.3, 0.4) is 0 Å². The maximum Gasteiger partial charge on any atom is 0.308 e. The first kappa shape index (κ1) is 45.5. The molecule has 2 atom stereocenters. The van der Waals surface area contributed by atoms with Crippen molar-refractivity contribution in [2.75, 3.05) is 26.4 Å². The maximum absolute atomic E-state index is 13.4. The van der Waals surface area contributed by atoms with Crippen LogP contribution in [0.4, 0.5) is 0 Å². The summed E-state index contributed by atoms with van der Waals surface area (Å²) in [5, 5.41) is 23.9. The second-order valence-corrected chi connectivity index (χ2v) is 19.8. The number of hydrogen-bond acceptors (Lipinski definition) is 13. The first-order valence-electron chi connectivity index (χ1n) is 21.0. The summed E-state index contributed by atoms with van der Waals surface area (Å²) in [6.45, 7) is 17.2. The summed E-state index contributed by atoms with van der Waals surface area (Å²) in [6, 6.07) is 13.9. The average molecular weight is 943 g/mol. The van der Waals surface area contributed by atoms with E-state index in [4.69, 9.17) is 47.4 Å². The van der Waals surface area contributed by atoms with Crippen LogP contribution in [0.25, 0.3) is 10.0 Å². The number of hydrogen-bond donors (Lipinski definition) is 1. The number of aromatic nitrogens is 6. The lowest BCUT2D eigenvalue weighted by Crippen LogP contribution is -2.29. The third kappa shape index (κ3) is 9.49. The molecule has 334 valence electrons. The monoisotopic (exact) mass is 941 g/mol. The summed E-state index contributed by atoms with van der Waals surface area (Å²) < 4.78 is 21.8. The van der Waals surface area contributed by atoms with Crippen molar-refractivity contribution in [2.24, 2.45) is 9.98 Å². The second kappa shape index (κ2) is 18.8. The van der Waals surface area contributed by atoms with Gasteiger partial charge in [-0.3, -0.25) is 28.7 Å². The molecule has 0 spiro atoms.